The third-order valence-electron chi connectivity index (χ3n) is 3.26. The van der Waals surface area contributed by atoms with Gasteiger partial charge in [-0.3, -0.25) is 0 Å². The van der Waals surface area contributed by atoms with Gasteiger partial charge in [0.25, 0.3) is 0 Å². The number of hydrogen-bond donors (Lipinski definition) is 1. The molecular formula is C14H21NO. The van der Waals surface area contributed by atoms with Crippen molar-refractivity contribution in [3.05, 3.63) is 29.3 Å². The van der Waals surface area contributed by atoms with E-state index in [-0.39, 0.29) is 6.04 Å². The lowest BCUT2D eigenvalue weighted by Gasteiger charge is -2.18. The zero-order valence-corrected chi connectivity index (χ0v) is 10.2. The van der Waals surface area contributed by atoms with Crippen LogP contribution >= 0.6 is 0 Å². The van der Waals surface area contributed by atoms with Gasteiger partial charge in [0.15, 0.2) is 0 Å². The van der Waals surface area contributed by atoms with Crippen LogP contribution in [0.25, 0.3) is 0 Å². The molecule has 0 aliphatic heterocycles. The number of benzene rings is 1. The Labute approximate surface area is 97.8 Å². The second-order valence-corrected chi connectivity index (χ2v) is 4.85. The van der Waals surface area contributed by atoms with Crippen LogP contribution in [0.3, 0.4) is 0 Å². The van der Waals surface area contributed by atoms with Gasteiger partial charge in [-0.25, -0.2) is 0 Å². The summed E-state index contributed by atoms with van der Waals surface area (Å²) in [4.78, 5) is 0. The highest BCUT2D eigenvalue weighted by atomic mass is 16.5. The summed E-state index contributed by atoms with van der Waals surface area (Å²) < 4.78 is 6.07. The monoisotopic (exact) mass is 219 g/mol. The Morgan fingerprint density at radius 1 is 1.31 bits per heavy atom. The van der Waals surface area contributed by atoms with Gasteiger partial charge in [-0.15, -0.1) is 0 Å². The van der Waals surface area contributed by atoms with E-state index >= 15 is 0 Å². The van der Waals surface area contributed by atoms with Crippen molar-refractivity contribution in [2.75, 3.05) is 0 Å². The molecule has 1 aliphatic rings. The van der Waals surface area contributed by atoms with Gasteiger partial charge < -0.3 is 10.5 Å². The molecule has 0 bridgehead atoms. The van der Waals surface area contributed by atoms with Crippen LogP contribution in [0.4, 0.5) is 0 Å². The van der Waals surface area contributed by atoms with Crippen molar-refractivity contribution in [1.82, 2.24) is 0 Å². The molecule has 2 heteroatoms. The molecule has 1 fully saturated rings. The van der Waals surface area contributed by atoms with Gasteiger partial charge >= 0.3 is 0 Å². The van der Waals surface area contributed by atoms with Crippen molar-refractivity contribution in [3.63, 3.8) is 0 Å². The fraction of sp³-hybridized carbons (Fsp3) is 0.571. The van der Waals surface area contributed by atoms with Crippen molar-refractivity contribution in [3.8, 4) is 5.75 Å². The van der Waals surface area contributed by atoms with Gasteiger partial charge in [0.2, 0.25) is 0 Å². The Morgan fingerprint density at radius 2 is 2.00 bits per heavy atom. The molecule has 1 unspecified atom stereocenters. The predicted molar refractivity (Wildman–Crippen MR) is 66.7 cm³/mol. The van der Waals surface area contributed by atoms with E-state index in [1.54, 1.807) is 0 Å². The second-order valence-electron chi connectivity index (χ2n) is 4.85. The molecule has 1 atom stereocenters. The largest absolute Gasteiger partial charge is 0.490 e. The average Bonchev–Trinajstić information content (AvgIpc) is 2.70. The van der Waals surface area contributed by atoms with E-state index < -0.39 is 0 Å². The summed E-state index contributed by atoms with van der Waals surface area (Å²) in [5.74, 6) is 0.988. The molecule has 16 heavy (non-hydrogen) atoms. The first-order chi connectivity index (χ1) is 7.66. The highest BCUT2D eigenvalue weighted by Gasteiger charge is 2.18. The van der Waals surface area contributed by atoms with E-state index in [4.69, 9.17) is 10.5 Å². The van der Waals surface area contributed by atoms with Crippen LogP contribution in [0, 0.1) is 6.92 Å². The lowest BCUT2D eigenvalue weighted by molar-refractivity contribution is 0.207. The zero-order chi connectivity index (χ0) is 11.5. The fourth-order valence-corrected chi connectivity index (χ4v) is 2.31. The molecule has 2 N–H and O–H groups in total. The Bertz CT molecular complexity index is 354. The van der Waals surface area contributed by atoms with Crippen molar-refractivity contribution in [2.45, 2.75) is 51.7 Å². The van der Waals surface area contributed by atoms with E-state index in [0.717, 1.165) is 11.3 Å². The third kappa shape index (κ3) is 2.56. The molecule has 0 spiro atoms. The summed E-state index contributed by atoms with van der Waals surface area (Å²) in [7, 11) is 0. The standard InChI is InChI=1S/C14H21NO/c1-10-7-8-13(11(2)15)14(9-10)16-12-5-3-4-6-12/h7-9,11-12H,3-6,15H2,1-2H3. The van der Waals surface area contributed by atoms with Gasteiger partial charge in [0.05, 0.1) is 6.10 Å². The van der Waals surface area contributed by atoms with Gasteiger partial charge in [0.1, 0.15) is 5.75 Å². The molecule has 0 heterocycles. The first-order valence-corrected chi connectivity index (χ1v) is 6.19. The minimum Gasteiger partial charge on any atom is -0.490 e. The van der Waals surface area contributed by atoms with Crippen molar-refractivity contribution in [2.24, 2.45) is 5.73 Å². The molecule has 0 aromatic heterocycles. The molecule has 0 radical (unpaired) electrons. The van der Waals surface area contributed by atoms with Crippen LogP contribution in [0.15, 0.2) is 18.2 Å². The van der Waals surface area contributed by atoms with Crippen LogP contribution in [-0.2, 0) is 0 Å². The first kappa shape index (κ1) is 11.5. The maximum Gasteiger partial charge on any atom is 0.124 e. The smallest absolute Gasteiger partial charge is 0.124 e. The SMILES string of the molecule is Cc1ccc(C(C)N)c(OC2CCCC2)c1. The number of nitrogens with two attached hydrogens (primary N) is 1. The molecule has 2 rings (SSSR count). The predicted octanol–water partition coefficient (Wildman–Crippen LogP) is 3.34. The summed E-state index contributed by atoms with van der Waals surface area (Å²) in [6, 6.07) is 6.33. The molecule has 1 aromatic carbocycles. The van der Waals surface area contributed by atoms with Crippen LogP contribution in [0.5, 0.6) is 5.75 Å². The number of aryl methyl sites for hydroxylation is 1. The van der Waals surface area contributed by atoms with Crippen LogP contribution in [0.2, 0.25) is 0 Å². The van der Waals surface area contributed by atoms with Gasteiger partial charge in [0, 0.05) is 11.6 Å². The topological polar surface area (TPSA) is 35.2 Å². The van der Waals surface area contributed by atoms with Gasteiger partial charge in [-0.2, -0.15) is 0 Å². The highest BCUT2D eigenvalue weighted by molar-refractivity contribution is 5.39. The normalized spacial score (nSPS) is 18.7. The summed E-state index contributed by atoms with van der Waals surface area (Å²) in [6.07, 6.45) is 5.37. The summed E-state index contributed by atoms with van der Waals surface area (Å²) in [6.45, 7) is 4.10. The molecule has 1 aromatic rings. The van der Waals surface area contributed by atoms with Crippen molar-refractivity contribution < 1.29 is 4.74 Å². The molecule has 0 amide bonds. The Balaban J connectivity index is 2.19. The van der Waals surface area contributed by atoms with Crippen molar-refractivity contribution >= 4 is 0 Å². The molecule has 1 aliphatic carbocycles. The van der Waals surface area contributed by atoms with Gasteiger partial charge in [-0.05, 0) is 51.2 Å². The Hall–Kier alpha value is -1.02. The lowest BCUT2D eigenvalue weighted by Crippen LogP contribution is -2.15. The van der Waals surface area contributed by atoms with E-state index in [1.165, 1.54) is 31.2 Å². The average molecular weight is 219 g/mol. The van der Waals surface area contributed by atoms with Gasteiger partial charge in [-0.1, -0.05) is 12.1 Å². The van der Waals surface area contributed by atoms with Crippen LogP contribution < -0.4 is 10.5 Å². The Kier molecular flexibility index (Phi) is 3.49. The first-order valence-electron chi connectivity index (χ1n) is 6.19. The minimum atomic E-state index is 0.0389. The highest BCUT2D eigenvalue weighted by Crippen LogP contribution is 2.30. The number of ether oxygens (including phenoxy) is 1. The summed E-state index contributed by atoms with van der Waals surface area (Å²) in [5.41, 5.74) is 8.32. The van der Waals surface area contributed by atoms with E-state index in [0.29, 0.717) is 6.10 Å². The third-order valence-corrected chi connectivity index (χ3v) is 3.26. The summed E-state index contributed by atoms with van der Waals surface area (Å²) in [5, 5.41) is 0. The Morgan fingerprint density at radius 3 is 2.62 bits per heavy atom. The fourth-order valence-electron chi connectivity index (χ4n) is 2.31. The second kappa shape index (κ2) is 4.88. The molecular weight excluding hydrogens is 198 g/mol. The van der Waals surface area contributed by atoms with E-state index in [1.807, 2.05) is 6.92 Å². The van der Waals surface area contributed by atoms with Crippen LogP contribution in [0.1, 0.15) is 49.8 Å². The van der Waals surface area contributed by atoms with E-state index in [9.17, 15) is 0 Å². The molecule has 88 valence electrons. The quantitative estimate of drug-likeness (QED) is 0.846. The molecule has 0 saturated heterocycles. The van der Waals surface area contributed by atoms with Crippen LogP contribution in [-0.4, -0.2) is 6.10 Å². The maximum absolute atomic E-state index is 6.07. The number of hydrogen-bond acceptors (Lipinski definition) is 2. The molecule has 1 saturated carbocycles. The molecule has 2 nitrogen and oxygen atoms in total. The minimum absolute atomic E-state index is 0.0389. The lowest BCUT2D eigenvalue weighted by atomic mass is 10.1. The maximum atomic E-state index is 6.07. The zero-order valence-electron chi connectivity index (χ0n) is 10.2. The van der Waals surface area contributed by atoms with Crippen molar-refractivity contribution in [1.29, 1.82) is 0 Å². The van der Waals surface area contributed by atoms with E-state index in [2.05, 4.69) is 25.1 Å². The summed E-state index contributed by atoms with van der Waals surface area (Å²) >= 11 is 0. The number of rotatable bonds is 3.